The van der Waals surface area contributed by atoms with Gasteiger partial charge in [-0.2, -0.15) is 11.3 Å². The summed E-state index contributed by atoms with van der Waals surface area (Å²) in [7, 11) is 0. The van der Waals surface area contributed by atoms with Gasteiger partial charge >= 0.3 is 0 Å². The van der Waals surface area contributed by atoms with Gasteiger partial charge in [0.1, 0.15) is 6.61 Å². The summed E-state index contributed by atoms with van der Waals surface area (Å²) in [4.78, 5) is 28.3. The molecular formula is C18H24N2O3S. The molecule has 1 unspecified atom stereocenters. The van der Waals surface area contributed by atoms with Crippen LogP contribution in [0.1, 0.15) is 25.3 Å². The summed E-state index contributed by atoms with van der Waals surface area (Å²) in [5.74, 6) is 0.190. The smallest absolute Gasteiger partial charge is 0.249 e. The molecule has 2 aliphatic heterocycles. The van der Waals surface area contributed by atoms with Crippen LogP contribution in [0.15, 0.2) is 29.5 Å². The number of hydrogen-bond acceptors (Lipinski definition) is 4. The van der Waals surface area contributed by atoms with Crippen molar-refractivity contribution in [3.8, 4) is 0 Å². The highest BCUT2D eigenvalue weighted by Gasteiger charge is 2.48. The van der Waals surface area contributed by atoms with E-state index in [9.17, 15) is 9.59 Å². The fourth-order valence-electron chi connectivity index (χ4n) is 3.68. The first-order valence-corrected chi connectivity index (χ1v) is 9.33. The van der Waals surface area contributed by atoms with E-state index >= 15 is 0 Å². The van der Waals surface area contributed by atoms with Gasteiger partial charge in [-0.05, 0) is 42.2 Å². The number of morpholine rings is 1. The maximum absolute atomic E-state index is 12.4. The molecule has 130 valence electrons. The molecule has 0 aromatic carbocycles. The van der Waals surface area contributed by atoms with Crippen molar-refractivity contribution in [2.45, 2.75) is 37.8 Å². The molecule has 1 spiro atoms. The molecule has 0 aliphatic carbocycles. The molecule has 1 aromatic heterocycles. The minimum atomic E-state index is -0.337. The zero-order valence-electron chi connectivity index (χ0n) is 14.1. The monoisotopic (exact) mass is 348 g/mol. The minimum absolute atomic E-state index is 0.00544. The van der Waals surface area contributed by atoms with E-state index in [1.807, 2.05) is 33.6 Å². The van der Waals surface area contributed by atoms with Crippen molar-refractivity contribution in [2.24, 2.45) is 0 Å². The number of carbonyl (C=O) groups is 2. The van der Waals surface area contributed by atoms with Crippen molar-refractivity contribution >= 4 is 23.2 Å². The average molecular weight is 348 g/mol. The van der Waals surface area contributed by atoms with E-state index in [1.165, 1.54) is 0 Å². The van der Waals surface area contributed by atoms with Crippen molar-refractivity contribution in [2.75, 3.05) is 26.2 Å². The van der Waals surface area contributed by atoms with Gasteiger partial charge in [-0.15, -0.1) is 6.58 Å². The molecule has 2 fully saturated rings. The standard InChI is InChI=1S/C18H24N2O3S/c1-3-7-20-14(2)18(23-12-17(20)22)5-8-19(9-6-18)16(21)11-15-4-10-24-13-15/h3-4,10,13-14H,1,5-9,11-12H2,2H3. The lowest BCUT2D eigenvalue weighted by atomic mass is 9.82. The van der Waals surface area contributed by atoms with Gasteiger partial charge in [-0.1, -0.05) is 6.08 Å². The highest BCUT2D eigenvalue weighted by molar-refractivity contribution is 7.08. The van der Waals surface area contributed by atoms with Gasteiger partial charge in [0.05, 0.1) is 18.1 Å². The van der Waals surface area contributed by atoms with Crippen molar-refractivity contribution in [3.63, 3.8) is 0 Å². The topological polar surface area (TPSA) is 49.9 Å². The Morgan fingerprint density at radius 2 is 2.25 bits per heavy atom. The zero-order chi connectivity index (χ0) is 17.2. The molecule has 2 amide bonds. The maximum atomic E-state index is 12.4. The van der Waals surface area contributed by atoms with Crippen molar-refractivity contribution in [3.05, 3.63) is 35.0 Å². The molecule has 5 nitrogen and oxygen atoms in total. The number of likely N-dealkylation sites (tertiary alicyclic amines) is 1. The van der Waals surface area contributed by atoms with E-state index in [1.54, 1.807) is 17.4 Å². The molecule has 3 heterocycles. The molecular weight excluding hydrogens is 324 g/mol. The summed E-state index contributed by atoms with van der Waals surface area (Å²) in [6.45, 7) is 7.83. The lowest BCUT2D eigenvalue weighted by Crippen LogP contribution is -2.64. The van der Waals surface area contributed by atoms with Crippen LogP contribution in [0.5, 0.6) is 0 Å². The normalized spacial score (nSPS) is 23.5. The fourth-order valence-corrected chi connectivity index (χ4v) is 4.35. The van der Waals surface area contributed by atoms with Crippen molar-refractivity contribution in [1.29, 1.82) is 0 Å². The first-order valence-electron chi connectivity index (χ1n) is 8.39. The number of hydrogen-bond donors (Lipinski definition) is 0. The van der Waals surface area contributed by atoms with Crippen LogP contribution in [0.2, 0.25) is 0 Å². The first-order chi connectivity index (χ1) is 11.6. The molecule has 24 heavy (non-hydrogen) atoms. The summed E-state index contributed by atoms with van der Waals surface area (Å²) in [5, 5.41) is 4.02. The molecule has 0 N–H and O–H groups in total. The Bertz CT molecular complexity index is 606. The number of amides is 2. The number of ether oxygens (including phenoxy) is 1. The predicted molar refractivity (Wildman–Crippen MR) is 93.9 cm³/mol. The maximum Gasteiger partial charge on any atom is 0.249 e. The molecule has 2 saturated heterocycles. The third kappa shape index (κ3) is 3.26. The molecule has 1 aromatic rings. The molecule has 6 heteroatoms. The van der Waals surface area contributed by atoms with E-state index in [0.29, 0.717) is 26.1 Å². The average Bonchev–Trinajstić information content (AvgIpc) is 3.09. The highest BCUT2D eigenvalue weighted by atomic mass is 32.1. The van der Waals surface area contributed by atoms with Gasteiger partial charge in [0.15, 0.2) is 0 Å². The second kappa shape index (κ2) is 7.07. The SMILES string of the molecule is C=CCN1C(=O)COC2(CCN(C(=O)Cc3ccsc3)CC2)C1C. The fraction of sp³-hybridized carbons (Fsp3) is 0.556. The third-order valence-electron chi connectivity index (χ3n) is 5.26. The Morgan fingerprint density at radius 1 is 1.50 bits per heavy atom. The molecule has 0 saturated carbocycles. The van der Waals surface area contributed by atoms with E-state index in [2.05, 4.69) is 6.58 Å². The van der Waals surface area contributed by atoms with Crippen LogP contribution in [-0.2, 0) is 20.7 Å². The molecule has 1 atom stereocenters. The minimum Gasteiger partial charge on any atom is -0.363 e. The lowest BCUT2D eigenvalue weighted by molar-refractivity contribution is -0.186. The Kier molecular flexibility index (Phi) is 5.06. The van der Waals surface area contributed by atoms with Crippen LogP contribution in [0.3, 0.4) is 0 Å². The van der Waals surface area contributed by atoms with E-state index in [0.717, 1.165) is 18.4 Å². The summed E-state index contributed by atoms with van der Waals surface area (Å²) < 4.78 is 5.98. The van der Waals surface area contributed by atoms with Gasteiger partial charge in [0, 0.05) is 19.6 Å². The molecule has 2 aliphatic rings. The first kappa shape index (κ1) is 17.2. The number of nitrogens with zero attached hydrogens (tertiary/aromatic N) is 2. The Hall–Kier alpha value is -1.66. The van der Waals surface area contributed by atoms with Crippen LogP contribution in [0.4, 0.5) is 0 Å². The quantitative estimate of drug-likeness (QED) is 0.783. The van der Waals surface area contributed by atoms with E-state index in [4.69, 9.17) is 4.74 Å². The largest absolute Gasteiger partial charge is 0.363 e. The zero-order valence-corrected chi connectivity index (χ0v) is 14.9. The van der Waals surface area contributed by atoms with Gasteiger partial charge in [0.2, 0.25) is 11.8 Å². The highest BCUT2D eigenvalue weighted by Crippen LogP contribution is 2.35. The van der Waals surface area contributed by atoms with E-state index in [-0.39, 0.29) is 30.1 Å². The molecule has 0 radical (unpaired) electrons. The second-order valence-corrected chi connectivity index (χ2v) is 7.33. The van der Waals surface area contributed by atoms with Crippen LogP contribution in [0, 0.1) is 0 Å². The van der Waals surface area contributed by atoms with Crippen molar-refractivity contribution in [1.82, 2.24) is 9.80 Å². The van der Waals surface area contributed by atoms with Crippen molar-refractivity contribution < 1.29 is 14.3 Å². The summed E-state index contributed by atoms with van der Waals surface area (Å²) in [6.07, 6.45) is 3.76. The molecule has 3 rings (SSSR count). The number of thiophene rings is 1. The summed E-state index contributed by atoms with van der Waals surface area (Å²) in [5.41, 5.74) is 0.742. The summed E-state index contributed by atoms with van der Waals surface area (Å²) >= 11 is 1.61. The van der Waals surface area contributed by atoms with Crippen LogP contribution >= 0.6 is 11.3 Å². The van der Waals surface area contributed by atoms with Gasteiger partial charge in [0.25, 0.3) is 0 Å². The van der Waals surface area contributed by atoms with Crippen LogP contribution < -0.4 is 0 Å². The van der Waals surface area contributed by atoms with Gasteiger partial charge < -0.3 is 14.5 Å². The summed E-state index contributed by atoms with van der Waals surface area (Å²) in [6, 6.07) is 2.00. The Morgan fingerprint density at radius 3 is 2.88 bits per heavy atom. The van der Waals surface area contributed by atoms with Crippen LogP contribution in [-0.4, -0.2) is 59.5 Å². The number of piperidine rings is 1. The van der Waals surface area contributed by atoms with Gasteiger partial charge in [-0.3, -0.25) is 9.59 Å². The lowest BCUT2D eigenvalue weighted by Gasteiger charge is -2.51. The Balaban J connectivity index is 1.62. The van der Waals surface area contributed by atoms with E-state index < -0.39 is 0 Å². The third-order valence-corrected chi connectivity index (χ3v) is 5.99. The Labute approximate surface area is 146 Å². The number of carbonyl (C=O) groups excluding carboxylic acids is 2. The van der Waals surface area contributed by atoms with Gasteiger partial charge in [-0.25, -0.2) is 0 Å². The van der Waals surface area contributed by atoms with Crippen LogP contribution in [0.25, 0.3) is 0 Å². The predicted octanol–water partition coefficient (Wildman–Crippen LogP) is 2.09. The molecule has 0 bridgehead atoms. The number of rotatable bonds is 4. The second-order valence-electron chi connectivity index (χ2n) is 6.55.